The van der Waals surface area contributed by atoms with Crippen molar-refractivity contribution in [3.63, 3.8) is 0 Å². The van der Waals surface area contributed by atoms with Crippen LogP contribution in [0.1, 0.15) is 13.3 Å². The van der Waals surface area contributed by atoms with Crippen LogP contribution in [0.3, 0.4) is 0 Å². The SMILES string of the molecule is CCCNc1cccc(NCCNC(N)=O)n1. The van der Waals surface area contributed by atoms with Crippen molar-refractivity contribution in [2.75, 3.05) is 30.3 Å². The minimum absolute atomic E-state index is 0.476. The quantitative estimate of drug-likeness (QED) is 0.532. The summed E-state index contributed by atoms with van der Waals surface area (Å²) >= 11 is 0. The first-order chi connectivity index (χ1) is 8.22. The van der Waals surface area contributed by atoms with Crippen molar-refractivity contribution in [1.82, 2.24) is 10.3 Å². The molecule has 6 heteroatoms. The van der Waals surface area contributed by atoms with Crippen LogP contribution in [0.5, 0.6) is 0 Å². The molecule has 0 aromatic carbocycles. The van der Waals surface area contributed by atoms with E-state index in [1.54, 1.807) is 0 Å². The second kappa shape index (κ2) is 7.32. The van der Waals surface area contributed by atoms with Crippen molar-refractivity contribution in [3.8, 4) is 0 Å². The molecule has 1 aromatic heterocycles. The van der Waals surface area contributed by atoms with Crippen LogP contribution in [-0.2, 0) is 0 Å². The standard InChI is InChI=1S/C11H19N5O/c1-2-6-13-9-4-3-5-10(16-9)14-7-8-15-11(12)17/h3-5H,2,6-8H2,1H3,(H3,12,15,17)(H2,13,14,16). The molecule has 2 amide bonds. The van der Waals surface area contributed by atoms with Crippen LogP contribution < -0.4 is 21.7 Å². The summed E-state index contributed by atoms with van der Waals surface area (Å²) in [4.78, 5) is 14.8. The second-order valence-corrected chi connectivity index (χ2v) is 3.55. The highest BCUT2D eigenvalue weighted by molar-refractivity contribution is 5.71. The van der Waals surface area contributed by atoms with Gasteiger partial charge < -0.3 is 21.7 Å². The fourth-order valence-corrected chi connectivity index (χ4v) is 1.26. The Morgan fingerprint density at radius 1 is 1.24 bits per heavy atom. The van der Waals surface area contributed by atoms with Crippen LogP contribution in [0, 0.1) is 0 Å². The lowest BCUT2D eigenvalue weighted by Crippen LogP contribution is -2.33. The van der Waals surface area contributed by atoms with Crippen molar-refractivity contribution >= 4 is 17.7 Å². The van der Waals surface area contributed by atoms with Crippen LogP contribution in [0.25, 0.3) is 0 Å². The molecule has 17 heavy (non-hydrogen) atoms. The lowest BCUT2D eigenvalue weighted by atomic mass is 10.4. The Bertz CT molecular complexity index is 355. The molecule has 0 unspecified atom stereocenters. The summed E-state index contributed by atoms with van der Waals surface area (Å²) in [6.45, 7) is 4.07. The predicted octanol–water partition coefficient (Wildman–Crippen LogP) is 0.984. The molecule has 0 aliphatic carbocycles. The summed E-state index contributed by atoms with van der Waals surface area (Å²) in [5, 5.41) is 8.80. The number of nitrogens with zero attached hydrogens (tertiary/aromatic N) is 1. The third kappa shape index (κ3) is 5.60. The number of hydrogen-bond acceptors (Lipinski definition) is 4. The average molecular weight is 237 g/mol. The number of amides is 2. The topological polar surface area (TPSA) is 92.1 Å². The molecule has 1 heterocycles. The Balaban J connectivity index is 2.34. The van der Waals surface area contributed by atoms with Gasteiger partial charge in [0.05, 0.1) is 0 Å². The number of primary amides is 1. The highest BCUT2D eigenvalue weighted by Gasteiger charge is 1.96. The minimum atomic E-state index is -0.516. The highest BCUT2D eigenvalue weighted by atomic mass is 16.2. The summed E-state index contributed by atoms with van der Waals surface area (Å²) in [7, 11) is 0. The summed E-state index contributed by atoms with van der Waals surface area (Å²) < 4.78 is 0. The van der Waals surface area contributed by atoms with E-state index in [0.29, 0.717) is 13.1 Å². The van der Waals surface area contributed by atoms with Gasteiger partial charge in [-0.3, -0.25) is 0 Å². The molecule has 6 nitrogen and oxygen atoms in total. The maximum Gasteiger partial charge on any atom is 0.312 e. The van der Waals surface area contributed by atoms with Crippen molar-refractivity contribution in [2.24, 2.45) is 5.73 Å². The van der Waals surface area contributed by atoms with E-state index < -0.39 is 6.03 Å². The summed E-state index contributed by atoms with van der Waals surface area (Å²) in [5.41, 5.74) is 4.95. The van der Waals surface area contributed by atoms with Crippen LogP contribution in [0.4, 0.5) is 16.4 Å². The number of aromatic nitrogens is 1. The molecule has 0 saturated heterocycles. The monoisotopic (exact) mass is 237 g/mol. The summed E-state index contributed by atoms with van der Waals surface area (Å²) in [6, 6.07) is 5.21. The fourth-order valence-electron chi connectivity index (χ4n) is 1.26. The number of pyridine rings is 1. The van der Waals surface area contributed by atoms with Crippen molar-refractivity contribution in [2.45, 2.75) is 13.3 Å². The van der Waals surface area contributed by atoms with Crippen molar-refractivity contribution in [3.05, 3.63) is 18.2 Å². The third-order valence-corrected chi connectivity index (χ3v) is 2.04. The van der Waals surface area contributed by atoms with Gasteiger partial charge in [0.1, 0.15) is 11.6 Å². The number of anilines is 2. The number of nitrogens with one attached hydrogen (secondary N) is 3. The number of carbonyl (C=O) groups is 1. The van der Waals surface area contributed by atoms with E-state index >= 15 is 0 Å². The molecular weight excluding hydrogens is 218 g/mol. The first-order valence-corrected chi connectivity index (χ1v) is 5.70. The Morgan fingerprint density at radius 3 is 2.47 bits per heavy atom. The van der Waals surface area contributed by atoms with Gasteiger partial charge in [-0.1, -0.05) is 13.0 Å². The zero-order valence-corrected chi connectivity index (χ0v) is 9.99. The smallest absolute Gasteiger partial charge is 0.312 e. The van der Waals surface area contributed by atoms with E-state index in [9.17, 15) is 4.79 Å². The van der Waals surface area contributed by atoms with Crippen molar-refractivity contribution < 1.29 is 4.79 Å². The van der Waals surface area contributed by atoms with Gasteiger partial charge in [0.15, 0.2) is 0 Å². The maximum absolute atomic E-state index is 10.4. The van der Waals surface area contributed by atoms with E-state index in [2.05, 4.69) is 27.9 Å². The zero-order chi connectivity index (χ0) is 12.5. The Hall–Kier alpha value is -1.98. The predicted molar refractivity (Wildman–Crippen MR) is 69.1 cm³/mol. The fraction of sp³-hybridized carbons (Fsp3) is 0.455. The molecule has 0 atom stereocenters. The summed E-state index contributed by atoms with van der Waals surface area (Å²) in [5.74, 6) is 1.62. The molecule has 0 radical (unpaired) electrons. The van der Waals surface area contributed by atoms with E-state index in [-0.39, 0.29) is 0 Å². The molecule has 0 saturated carbocycles. The van der Waals surface area contributed by atoms with Gasteiger partial charge in [0, 0.05) is 19.6 Å². The largest absolute Gasteiger partial charge is 0.370 e. The molecular formula is C11H19N5O. The molecule has 0 aliphatic rings. The molecule has 0 aliphatic heterocycles. The van der Waals surface area contributed by atoms with Gasteiger partial charge in [-0.25, -0.2) is 9.78 Å². The van der Waals surface area contributed by atoms with Gasteiger partial charge in [-0.2, -0.15) is 0 Å². The molecule has 0 fully saturated rings. The molecule has 0 bridgehead atoms. The van der Waals surface area contributed by atoms with E-state index in [1.165, 1.54) is 0 Å². The number of nitrogens with two attached hydrogens (primary N) is 1. The maximum atomic E-state index is 10.4. The summed E-state index contributed by atoms with van der Waals surface area (Å²) in [6.07, 6.45) is 1.06. The van der Waals surface area contributed by atoms with E-state index in [0.717, 1.165) is 24.6 Å². The first-order valence-electron chi connectivity index (χ1n) is 5.70. The zero-order valence-electron chi connectivity index (χ0n) is 9.99. The Labute approximate surface area is 101 Å². The lowest BCUT2D eigenvalue weighted by molar-refractivity contribution is 0.249. The minimum Gasteiger partial charge on any atom is -0.370 e. The molecule has 1 rings (SSSR count). The van der Waals surface area contributed by atoms with Crippen LogP contribution in [0.15, 0.2) is 18.2 Å². The van der Waals surface area contributed by atoms with Crippen LogP contribution in [0.2, 0.25) is 0 Å². The van der Waals surface area contributed by atoms with Gasteiger partial charge in [0.2, 0.25) is 0 Å². The normalized spacial score (nSPS) is 9.71. The molecule has 5 N–H and O–H groups in total. The van der Waals surface area contributed by atoms with Crippen LogP contribution in [-0.4, -0.2) is 30.6 Å². The molecule has 94 valence electrons. The second-order valence-electron chi connectivity index (χ2n) is 3.55. The van der Waals surface area contributed by atoms with Crippen LogP contribution >= 0.6 is 0 Å². The number of rotatable bonds is 7. The van der Waals surface area contributed by atoms with Gasteiger partial charge in [-0.05, 0) is 18.6 Å². The average Bonchev–Trinajstić information content (AvgIpc) is 2.32. The molecule has 1 aromatic rings. The lowest BCUT2D eigenvalue weighted by Gasteiger charge is -2.08. The third-order valence-electron chi connectivity index (χ3n) is 2.04. The van der Waals surface area contributed by atoms with E-state index in [4.69, 9.17) is 5.73 Å². The highest BCUT2D eigenvalue weighted by Crippen LogP contribution is 2.08. The first kappa shape index (κ1) is 13.1. The number of urea groups is 1. The Morgan fingerprint density at radius 2 is 1.88 bits per heavy atom. The number of hydrogen-bond donors (Lipinski definition) is 4. The van der Waals surface area contributed by atoms with Gasteiger partial charge in [0.25, 0.3) is 0 Å². The van der Waals surface area contributed by atoms with Gasteiger partial charge in [-0.15, -0.1) is 0 Å². The van der Waals surface area contributed by atoms with Gasteiger partial charge >= 0.3 is 6.03 Å². The van der Waals surface area contributed by atoms with E-state index in [1.807, 2.05) is 18.2 Å². The Kier molecular flexibility index (Phi) is 5.63. The molecule has 0 spiro atoms. The number of carbonyl (C=O) groups excluding carboxylic acids is 1. The van der Waals surface area contributed by atoms with Crippen molar-refractivity contribution in [1.29, 1.82) is 0 Å².